The van der Waals surface area contributed by atoms with Crippen LogP contribution in [0.5, 0.6) is 5.75 Å². The summed E-state index contributed by atoms with van der Waals surface area (Å²) in [5.41, 5.74) is 2.68. The number of benzene rings is 3. The molecule has 0 aliphatic heterocycles. The third-order valence-electron chi connectivity index (χ3n) is 5.04. The minimum Gasteiger partial charge on any atom is -0.493 e. The highest BCUT2D eigenvalue weighted by Gasteiger charge is 2.22. The first-order valence-corrected chi connectivity index (χ1v) is 13.2. The van der Waals surface area contributed by atoms with Gasteiger partial charge in [-0.05, 0) is 78.4 Å². The first kappa shape index (κ1) is 26.1. The molecule has 0 fully saturated rings. The summed E-state index contributed by atoms with van der Waals surface area (Å²) in [7, 11) is -4.05. The maximum absolute atomic E-state index is 13.1. The predicted octanol–water partition coefficient (Wildman–Crippen LogP) is 6.77. The number of nitrogens with one attached hydrogen (secondary N) is 1. The van der Waals surface area contributed by atoms with E-state index >= 15 is 0 Å². The topological polar surface area (TPSA) is 72.5 Å². The minimum atomic E-state index is -4.05. The molecule has 8 heteroatoms. The number of amides is 1. The third-order valence-corrected chi connectivity index (χ3v) is 6.88. The molecule has 3 rings (SSSR count). The smallest absolute Gasteiger partial charge is 0.265 e. The molecule has 0 spiro atoms. The van der Waals surface area contributed by atoms with Crippen LogP contribution in [0.2, 0.25) is 10.0 Å². The molecular weight excluding hydrogens is 493 g/mol. The zero-order valence-electron chi connectivity index (χ0n) is 19.3. The Hall–Kier alpha value is -2.54. The van der Waals surface area contributed by atoms with Crippen molar-refractivity contribution in [2.24, 2.45) is 5.92 Å². The quantitative estimate of drug-likeness (QED) is 0.338. The van der Waals surface area contributed by atoms with Crippen LogP contribution in [0, 0.1) is 5.92 Å². The average molecular weight is 520 g/mol. The molecule has 34 heavy (non-hydrogen) atoms. The summed E-state index contributed by atoms with van der Waals surface area (Å²) in [6.45, 7) is 6.67. The van der Waals surface area contributed by atoms with E-state index in [1.54, 1.807) is 18.2 Å². The Labute approximate surface area is 211 Å². The highest BCUT2D eigenvalue weighted by atomic mass is 35.5. The lowest BCUT2D eigenvalue weighted by atomic mass is 9.93. The monoisotopic (exact) mass is 519 g/mol. The first-order chi connectivity index (χ1) is 16.1. The molecule has 3 aromatic carbocycles. The van der Waals surface area contributed by atoms with Crippen LogP contribution in [-0.2, 0) is 16.4 Å². The van der Waals surface area contributed by atoms with Gasteiger partial charge in [-0.15, -0.1) is 0 Å². The van der Waals surface area contributed by atoms with Crippen molar-refractivity contribution in [1.29, 1.82) is 0 Å². The summed E-state index contributed by atoms with van der Waals surface area (Å²) in [6.07, 6.45) is 1.45. The van der Waals surface area contributed by atoms with Crippen LogP contribution in [0.4, 0.5) is 0 Å². The van der Waals surface area contributed by atoms with Crippen molar-refractivity contribution < 1.29 is 17.9 Å². The molecule has 5 nitrogen and oxygen atoms in total. The van der Waals surface area contributed by atoms with Crippen LogP contribution >= 0.6 is 23.2 Å². The maximum atomic E-state index is 13.1. The van der Waals surface area contributed by atoms with E-state index < -0.39 is 15.9 Å². The van der Waals surface area contributed by atoms with E-state index in [4.69, 9.17) is 27.9 Å². The van der Waals surface area contributed by atoms with Crippen LogP contribution < -0.4 is 9.46 Å². The van der Waals surface area contributed by atoms with E-state index in [9.17, 15) is 13.2 Å². The van der Waals surface area contributed by atoms with E-state index in [2.05, 4.69) is 4.72 Å². The van der Waals surface area contributed by atoms with E-state index in [1.807, 2.05) is 39.0 Å². The summed E-state index contributed by atoms with van der Waals surface area (Å²) in [4.78, 5) is 13.0. The number of hydrogen-bond donors (Lipinski definition) is 1. The largest absolute Gasteiger partial charge is 0.493 e. The molecule has 1 N–H and O–H groups in total. The number of hydrogen-bond acceptors (Lipinski definition) is 4. The van der Waals surface area contributed by atoms with Gasteiger partial charge in [0.15, 0.2) is 0 Å². The van der Waals surface area contributed by atoms with Crippen LogP contribution in [0.1, 0.15) is 43.1 Å². The van der Waals surface area contributed by atoms with Gasteiger partial charge in [0.25, 0.3) is 15.9 Å². The fourth-order valence-electron chi connectivity index (χ4n) is 3.51. The van der Waals surface area contributed by atoms with Gasteiger partial charge < -0.3 is 4.74 Å². The molecule has 0 saturated carbocycles. The van der Waals surface area contributed by atoms with Crippen LogP contribution in [-0.4, -0.2) is 20.9 Å². The highest BCUT2D eigenvalue weighted by molar-refractivity contribution is 7.90. The molecule has 0 radical (unpaired) electrons. The summed E-state index contributed by atoms with van der Waals surface area (Å²) < 4.78 is 33.5. The van der Waals surface area contributed by atoms with Gasteiger partial charge in [0, 0.05) is 21.2 Å². The van der Waals surface area contributed by atoms with Crippen LogP contribution in [0.15, 0.2) is 65.6 Å². The Morgan fingerprint density at radius 1 is 0.971 bits per heavy atom. The second kappa shape index (κ2) is 11.3. The zero-order chi connectivity index (χ0) is 24.9. The van der Waals surface area contributed by atoms with Gasteiger partial charge in [0.2, 0.25) is 0 Å². The van der Waals surface area contributed by atoms with Crippen molar-refractivity contribution >= 4 is 39.1 Å². The summed E-state index contributed by atoms with van der Waals surface area (Å²) >= 11 is 12.1. The molecule has 0 bridgehead atoms. The van der Waals surface area contributed by atoms with Crippen molar-refractivity contribution in [2.45, 2.75) is 38.5 Å². The van der Waals surface area contributed by atoms with Crippen LogP contribution in [0.3, 0.4) is 0 Å². The molecule has 0 atom stereocenters. The van der Waals surface area contributed by atoms with Crippen molar-refractivity contribution in [2.75, 3.05) is 6.61 Å². The number of sulfonamides is 1. The standard InChI is InChI=1S/C26H27Cl2NO4S/c1-4-13-33-25-12-8-21(28)16-24(25)18-5-11-23(19(15-18)14-17(2)3)26(30)29-34(31,32)22-9-6-20(27)7-10-22/h5-12,15-17H,4,13-14H2,1-3H3,(H,29,30). The molecule has 0 saturated heterocycles. The lowest BCUT2D eigenvalue weighted by Gasteiger charge is -2.16. The molecule has 0 aliphatic carbocycles. The lowest BCUT2D eigenvalue weighted by Crippen LogP contribution is -2.31. The van der Waals surface area contributed by atoms with E-state index in [1.165, 1.54) is 24.3 Å². The second-order valence-corrected chi connectivity index (χ2v) is 10.9. The molecule has 1 amide bonds. The number of carbonyl (C=O) groups is 1. The van der Waals surface area contributed by atoms with Crippen molar-refractivity contribution in [1.82, 2.24) is 4.72 Å². The minimum absolute atomic E-state index is 0.0380. The van der Waals surface area contributed by atoms with Crippen molar-refractivity contribution in [3.63, 3.8) is 0 Å². The van der Waals surface area contributed by atoms with Gasteiger partial charge >= 0.3 is 0 Å². The molecule has 0 aromatic heterocycles. The summed E-state index contributed by atoms with van der Waals surface area (Å²) in [5, 5.41) is 0.975. The molecule has 0 unspecified atom stereocenters. The van der Waals surface area contributed by atoms with Gasteiger partial charge in [0.05, 0.1) is 11.5 Å². The SMILES string of the molecule is CCCOc1ccc(Cl)cc1-c1ccc(C(=O)NS(=O)(=O)c2ccc(Cl)cc2)c(CC(C)C)c1. The Bertz CT molecular complexity index is 1270. The van der Waals surface area contributed by atoms with Crippen LogP contribution in [0.25, 0.3) is 11.1 Å². The third kappa shape index (κ3) is 6.53. The number of halogens is 2. The van der Waals surface area contributed by atoms with Crippen molar-refractivity contribution in [3.05, 3.63) is 81.8 Å². The van der Waals surface area contributed by atoms with Gasteiger partial charge in [-0.1, -0.05) is 56.1 Å². The fourth-order valence-corrected chi connectivity index (χ4v) is 4.77. The van der Waals surface area contributed by atoms with E-state index in [-0.39, 0.29) is 10.8 Å². The molecular formula is C26H27Cl2NO4S. The molecule has 0 heterocycles. The number of ether oxygens (including phenoxy) is 1. The Kier molecular flexibility index (Phi) is 8.63. The highest BCUT2D eigenvalue weighted by Crippen LogP contribution is 2.34. The summed E-state index contributed by atoms with van der Waals surface area (Å²) in [6, 6.07) is 16.4. The maximum Gasteiger partial charge on any atom is 0.265 e. The van der Waals surface area contributed by atoms with Crippen molar-refractivity contribution in [3.8, 4) is 16.9 Å². The second-order valence-electron chi connectivity index (χ2n) is 8.35. The van der Waals surface area contributed by atoms with Gasteiger partial charge in [0.1, 0.15) is 5.75 Å². The normalized spacial score (nSPS) is 11.5. The number of rotatable bonds is 9. The van der Waals surface area contributed by atoms with Gasteiger partial charge in [-0.3, -0.25) is 4.79 Å². The summed E-state index contributed by atoms with van der Waals surface area (Å²) in [5.74, 6) is 0.250. The number of carbonyl (C=O) groups excluding carboxylic acids is 1. The van der Waals surface area contributed by atoms with Gasteiger partial charge in [-0.2, -0.15) is 0 Å². The molecule has 3 aromatic rings. The van der Waals surface area contributed by atoms with Gasteiger partial charge in [-0.25, -0.2) is 13.1 Å². The first-order valence-electron chi connectivity index (χ1n) is 11.0. The van der Waals surface area contributed by atoms with E-state index in [0.717, 1.165) is 23.1 Å². The Morgan fingerprint density at radius 2 is 1.65 bits per heavy atom. The molecule has 180 valence electrons. The average Bonchev–Trinajstić information content (AvgIpc) is 2.77. The fraction of sp³-hybridized carbons (Fsp3) is 0.269. The van der Waals surface area contributed by atoms with E-state index in [0.29, 0.717) is 34.4 Å². The Morgan fingerprint density at radius 3 is 2.29 bits per heavy atom. The lowest BCUT2D eigenvalue weighted by molar-refractivity contribution is 0.0980. The predicted molar refractivity (Wildman–Crippen MR) is 137 cm³/mol. The Balaban J connectivity index is 1.99. The molecule has 0 aliphatic rings. The zero-order valence-corrected chi connectivity index (χ0v) is 21.6.